The highest BCUT2D eigenvalue weighted by Crippen LogP contribution is 2.42. The van der Waals surface area contributed by atoms with Crippen LogP contribution in [0.4, 0.5) is 0 Å². The predicted octanol–water partition coefficient (Wildman–Crippen LogP) is 4.62. The van der Waals surface area contributed by atoms with E-state index in [0.717, 1.165) is 19.3 Å². The molecule has 21 heavy (non-hydrogen) atoms. The standard InChI is InChI=1S/C19H26O2/c1-12(2)18(20)21-19(5,6)17-9-7-8-15-14(4)10-13(3)11-16(15)17/h10-11,17H,1,7-9H2,2-6H3. The van der Waals surface area contributed by atoms with Gasteiger partial charge in [-0.25, -0.2) is 4.79 Å². The fraction of sp³-hybridized carbons (Fsp3) is 0.526. The highest BCUT2D eigenvalue weighted by molar-refractivity contribution is 5.87. The van der Waals surface area contributed by atoms with Crippen molar-refractivity contribution in [2.75, 3.05) is 0 Å². The zero-order valence-electron chi connectivity index (χ0n) is 13.9. The molecule has 0 bridgehead atoms. The van der Waals surface area contributed by atoms with Gasteiger partial charge in [0.2, 0.25) is 0 Å². The number of ether oxygens (including phenoxy) is 1. The van der Waals surface area contributed by atoms with Crippen LogP contribution in [0.5, 0.6) is 0 Å². The second-order valence-corrected chi connectivity index (χ2v) is 6.87. The van der Waals surface area contributed by atoms with Gasteiger partial charge in [-0.3, -0.25) is 0 Å². The van der Waals surface area contributed by atoms with Crippen LogP contribution in [-0.4, -0.2) is 11.6 Å². The Hall–Kier alpha value is -1.57. The maximum Gasteiger partial charge on any atom is 0.333 e. The normalized spacial score (nSPS) is 18.0. The molecule has 2 heteroatoms. The molecule has 1 unspecified atom stereocenters. The SMILES string of the molecule is C=C(C)C(=O)OC(C)(C)C1CCCc2c(C)cc(C)cc21. The van der Waals surface area contributed by atoms with Gasteiger partial charge in [0.15, 0.2) is 0 Å². The first-order chi connectivity index (χ1) is 9.72. The van der Waals surface area contributed by atoms with E-state index in [0.29, 0.717) is 5.57 Å². The molecule has 1 aliphatic rings. The summed E-state index contributed by atoms with van der Waals surface area (Å²) in [7, 11) is 0. The summed E-state index contributed by atoms with van der Waals surface area (Å²) in [5.74, 6) is -0.0420. The minimum absolute atomic E-state index is 0.253. The highest BCUT2D eigenvalue weighted by Gasteiger charge is 2.37. The van der Waals surface area contributed by atoms with Crippen LogP contribution < -0.4 is 0 Å². The molecule has 1 aromatic rings. The van der Waals surface area contributed by atoms with E-state index < -0.39 is 5.60 Å². The van der Waals surface area contributed by atoms with Gasteiger partial charge in [0.1, 0.15) is 5.60 Å². The molecule has 2 rings (SSSR count). The lowest BCUT2D eigenvalue weighted by Crippen LogP contribution is -2.37. The molecule has 1 aromatic carbocycles. The first-order valence-electron chi connectivity index (χ1n) is 7.71. The van der Waals surface area contributed by atoms with E-state index in [4.69, 9.17) is 4.74 Å². The smallest absolute Gasteiger partial charge is 0.333 e. The fourth-order valence-corrected chi connectivity index (χ4v) is 3.44. The summed E-state index contributed by atoms with van der Waals surface area (Å²) in [5.41, 5.74) is 5.39. The van der Waals surface area contributed by atoms with Crippen molar-refractivity contribution in [3.05, 3.63) is 46.5 Å². The average molecular weight is 286 g/mol. The van der Waals surface area contributed by atoms with Crippen LogP contribution in [-0.2, 0) is 16.0 Å². The van der Waals surface area contributed by atoms with Gasteiger partial charge >= 0.3 is 5.97 Å². The molecule has 0 aromatic heterocycles. The van der Waals surface area contributed by atoms with Gasteiger partial charge in [-0.1, -0.05) is 24.3 Å². The molecule has 0 fully saturated rings. The van der Waals surface area contributed by atoms with E-state index >= 15 is 0 Å². The molecule has 0 radical (unpaired) electrons. The molecular formula is C19H26O2. The van der Waals surface area contributed by atoms with Crippen molar-refractivity contribution in [1.82, 2.24) is 0 Å². The van der Waals surface area contributed by atoms with E-state index in [2.05, 4.69) is 32.6 Å². The Kier molecular flexibility index (Phi) is 4.27. The van der Waals surface area contributed by atoms with E-state index in [1.165, 1.54) is 22.3 Å². The number of fused-ring (bicyclic) bond motifs is 1. The largest absolute Gasteiger partial charge is 0.456 e. The summed E-state index contributed by atoms with van der Waals surface area (Å²) in [6, 6.07) is 4.51. The Morgan fingerprint density at radius 2 is 2.00 bits per heavy atom. The maximum atomic E-state index is 11.9. The number of esters is 1. The Bertz CT molecular complexity index is 581. The van der Waals surface area contributed by atoms with Gasteiger partial charge in [-0.05, 0) is 70.6 Å². The molecule has 2 nitrogen and oxygen atoms in total. The molecule has 0 saturated heterocycles. The van der Waals surface area contributed by atoms with Crippen LogP contribution >= 0.6 is 0 Å². The molecule has 1 aliphatic carbocycles. The number of carbonyl (C=O) groups is 1. The fourth-order valence-electron chi connectivity index (χ4n) is 3.44. The first-order valence-corrected chi connectivity index (χ1v) is 7.71. The van der Waals surface area contributed by atoms with Gasteiger partial charge < -0.3 is 4.74 Å². The Balaban J connectivity index is 2.39. The third-order valence-electron chi connectivity index (χ3n) is 4.49. The quantitative estimate of drug-likeness (QED) is 0.598. The molecule has 0 amide bonds. The zero-order valence-corrected chi connectivity index (χ0v) is 13.9. The van der Waals surface area contributed by atoms with Crippen LogP contribution in [0.25, 0.3) is 0 Å². The molecule has 0 aliphatic heterocycles. The van der Waals surface area contributed by atoms with Gasteiger partial charge in [-0.15, -0.1) is 0 Å². The Morgan fingerprint density at radius 1 is 1.33 bits per heavy atom. The van der Waals surface area contributed by atoms with Gasteiger partial charge in [0, 0.05) is 11.5 Å². The van der Waals surface area contributed by atoms with Crippen molar-refractivity contribution >= 4 is 5.97 Å². The second-order valence-electron chi connectivity index (χ2n) is 6.87. The van der Waals surface area contributed by atoms with Crippen molar-refractivity contribution < 1.29 is 9.53 Å². The third kappa shape index (κ3) is 3.20. The Labute approximate surface area is 128 Å². The van der Waals surface area contributed by atoms with Crippen LogP contribution in [0.3, 0.4) is 0 Å². The minimum Gasteiger partial charge on any atom is -0.456 e. The highest BCUT2D eigenvalue weighted by atomic mass is 16.6. The number of rotatable bonds is 3. The molecule has 0 N–H and O–H groups in total. The van der Waals surface area contributed by atoms with Crippen molar-refractivity contribution in [3.63, 3.8) is 0 Å². The average Bonchev–Trinajstić information content (AvgIpc) is 2.37. The lowest BCUT2D eigenvalue weighted by atomic mass is 9.73. The van der Waals surface area contributed by atoms with E-state index in [1.54, 1.807) is 6.92 Å². The number of hydrogen-bond acceptors (Lipinski definition) is 2. The van der Waals surface area contributed by atoms with Crippen molar-refractivity contribution in [2.24, 2.45) is 0 Å². The van der Waals surface area contributed by atoms with E-state index in [9.17, 15) is 4.79 Å². The summed E-state index contributed by atoms with van der Waals surface area (Å²) in [4.78, 5) is 11.9. The number of aryl methyl sites for hydroxylation is 2. The van der Waals surface area contributed by atoms with E-state index in [-0.39, 0.29) is 11.9 Å². The second kappa shape index (κ2) is 5.67. The summed E-state index contributed by atoms with van der Waals surface area (Å²) in [5, 5.41) is 0. The Morgan fingerprint density at radius 3 is 2.62 bits per heavy atom. The molecule has 1 atom stereocenters. The summed E-state index contributed by atoms with van der Waals surface area (Å²) < 4.78 is 5.74. The first kappa shape index (κ1) is 15.8. The maximum absolute atomic E-state index is 11.9. The molecule has 114 valence electrons. The predicted molar refractivity (Wildman–Crippen MR) is 86.6 cm³/mol. The third-order valence-corrected chi connectivity index (χ3v) is 4.49. The monoisotopic (exact) mass is 286 g/mol. The van der Waals surface area contributed by atoms with Crippen molar-refractivity contribution in [3.8, 4) is 0 Å². The lowest BCUT2D eigenvalue weighted by molar-refractivity contribution is -0.154. The summed E-state index contributed by atoms with van der Waals surface area (Å²) in [6.07, 6.45) is 3.34. The molecule has 0 saturated carbocycles. The van der Waals surface area contributed by atoms with Gasteiger partial charge in [-0.2, -0.15) is 0 Å². The minimum atomic E-state index is -0.508. The van der Waals surface area contributed by atoms with Crippen LogP contribution in [0, 0.1) is 13.8 Å². The molecular weight excluding hydrogens is 260 g/mol. The number of carbonyl (C=O) groups excluding carboxylic acids is 1. The topological polar surface area (TPSA) is 26.3 Å². The van der Waals surface area contributed by atoms with Gasteiger partial charge in [0.05, 0.1) is 0 Å². The molecule has 0 heterocycles. The summed E-state index contributed by atoms with van der Waals surface area (Å²) in [6.45, 7) is 13.7. The molecule has 0 spiro atoms. The van der Waals surface area contributed by atoms with Crippen LogP contribution in [0.1, 0.15) is 61.8 Å². The van der Waals surface area contributed by atoms with Crippen molar-refractivity contribution in [1.29, 1.82) is 0 Å². The van der Waals surface area contributed by atoms with Crippen LogP contribution in [0.2, 0.25) is 0 Å². The number of benzene rings is 1. The zero-order chi connectivity index (χ0) is 15.8. The number of hydrogen-bond donors (Lipinski definition) is 0. The van der Waals surface area contributed by atoms with E-state index in [1.807, 2.05) is 13.8 Å². The lowest BCUT2D eigenvalue weighted by Gasteiger charge is -2.38. The summed E-state index contributed by atoms with van der Waals surface area (Å²) >= 11 is 0. The van der Waals surface area contributed by atoms with Crippen molar-refractivity contribution in [2.45, 2.75) is 65.4 Å². The van der Waals surface area contributed by atoms with Crippen LogP contribution in [0.15, 0.2) is 24.3 Å². The van der Waals surface area contributed by atoms with Gasteiger partial charge in [0.25, 0.3) is 0 Å².